The monoisotopic (exact) mass is 249 g/mol. The van der Waals surface area contributed by atoms with Crippen LogP contribution >= 0.6 is 11.3 Å². The van der Waals surface area contributed by atoms with Crippen LogP contribution in [-0.4, -0.2) is 16.1 Å². The summed E-state index contributed by atoms with van der Waals surface area (Å²) in [4.78, 5) is 5.79. The smallest absolute Gasteiger partial charge is 0.131 e. The number of aromatic nitrogens is 2. The first kappa shape index (κ1) is 12.3. The summed E-state index contributed by atoms with van der Waals surface area (Å²) in [6.45, 7) is 3.24. The molecule has 2 aromatic heterocycles. The Morgan fingerprint density at radius 2 is 2.41 bits per heavy atom. The average molecular weight is 249 g/mol. The van der Waals surface area contributed by atoms with Crippen LogP contribution in [0, 0.1) is 0 Å². The van der Waals surface area contributed by atoms with Gasteiger partial charge in [-0.3, -0.25) is 0 Å². The zero-order chi connectivity index (χ0) is 12.1. The summed E-state index contributed by atoms with van der Waals surface area (Å²) in [5, 5.41) is 5.71. The Kier molecular flexibility index (Phi) is 4.34. The lowest BCUT2D eigenvalue weighted by molar-refractivity contribution is 0.548. The third-order valence-corrected chi connectivity index (χ3v) is 3.76. The average Bonchev–Trinajstić information content (AvgIpc) is 2.96. The fraction of sp³-hybridized carbons (Fsp3) is 0.462. The van der Waals surface area contributed by atoms with E-state index < -0.39 is 0 Å². The number of imidazole rings is 1. The van der Waals surface area contributed by atoms with Gasteiger partial charge in [0.15, 0.2) is 0 Å². The van der Waals surface area contributed by atoms with Crippen LogP contribution < -0.4 is 5.32 Å². The van der Waals surface area contributed by atoms with Gasteiger partial charge in [0, 0.05) is 24.3 Å². The van der Waals surface area contributed by atoms with Crippen molar-refractivity contribution in [2.24, 2.45) is 7.05 Å². The van der Waals surface area contributed by atoms with Crippen molar-refractivity contribution in [1.29, 1.82) is 0 Å². The summed E-state index contributed by atoms with van der Waals surface area (Å²) in [5.41, 5.74) is 0. The molecule has 1 N–H and O–H groups in total. The van der Waals surface area contributed by atoms with Crippen LogP contribution in [0.5, 0.6) is 0 Å². The lowest BCUT2D eigenvalue weighted by Gasteiger charge is -2.17. The van der Waals surface area contributed by atoms with Crippen LogP contribution in [0.15, 0.2) is 29.9 Å². The van der Waals surface area contributed by atoms with Crippen LogP contribution in [0.2, 0.25) is 0 Å². The highest BCUT2D eigenvalue weighted by Crippen LogP contribution is 2.24. The quantitative estimate of drug-likeness (QED) is 0.798. The van der Waals surface area contributed by atoms with E-state index in [1.165, 1.54) is 17.7 Å². The lowest BCUT2D eigenvalue weighted by atomic mass is 10.2. The van der Waals surface area contributed by atoms with Crippen molar-refractivity contribution in [1.82, 2.24) is 14.9 Å². The Labute approximate surface area is 107 Å². The number of hydrogen-bond acceptors (Lipinski definition) is 3. The van der Waals surface area contributed by atoms with E-state index in [4.69, 9.17) is 0 Å². The van der Waals surface area contributed by atoms with Gasteiger partial charge in [-0.2, -0.15) is 0 Å². The number of nitrogens with one attached hydrogen (secondary N) is 1. The fourth-order valence-corrected chi connectivity index (χ4v) is 2.65. The molecule has 0 bridgehead atoms. The molecule has 1 unspecified atom stereocenters. The molecule has 17 heavy (non-hydrogen) atoms. The number of unbranched alkanes of at least 4 members (excludes halogenated alkanes) is 1. The molecule has 0 aliphatic carbocycles. The second-order valence-electron chi connectivity index (χ2n) is 4.15. The van der Waals surface area contributed by atoms with Crippen molar-refractivity contribution < 1.29 is 0 Å². The molecule has 0 aliphatic heterocycles. The molecule has 0 saturated heterocycles. The van der Waals surface area contributed by atoms with Crippen LogP contribution in [0.3, 0.4) is 0 Å². The van der Waals surface area contributed by atoms with Crippen molar-refractivity contribution >= 4 is 11.3 Å². The van der Waals surface area contributed by atoms with E-state index >= 15 is 0 Å². The fourth-order valence-electron chi connectivity index (χ4n) is 1.85. The molecule has 4 heteroatoms. The van der Waals surface area contributed by atoms with Crippen LogP contribution in [0.25, 0.3) is 0 Å². The molecule has 0 saturated carbocycles. The summed E-state index contributed by atoms with van der Waals surface area (Å²) >= 11 is 1.78. The largest absolute Gasteiger partial charge is 0.336 e. The molecule has 0 fully saturated rings. The van der Waals surface area contributed by atoms with Gasteiger partial charge < -0.3 is 9.88 Å². The van der Waals surface area contributed by atoms with Gasteiger partial charge in [-0.25, -0.2) is 4.98 Å². The number of rotatable bonds is 6. The first-order chi connectivity index (χ1) is 8.33. The first-order valence-electron chi connectivity index (χ1n) is 6.07. The van der Waals surface area contributed by atoms with E-state index in [1.54, 1.807) is 11.3 Å². The predicted molar refractivity (Wildman–Crippen MR) is 72.3 cm³/mol. The highest BCUT2D eigenvalue weighted by atomic mass is 32.1. The molecule has 0 spiro atoms. The summed E-state index contributed by atoms with van der Waals surface area (Å²) in [5.74, 6) is 1.09. The molecule has 0 aliphatic rings. The molecule has 0 radical (unpaired) electrons. The summed E-state index contributed by atoms with van der Waals surface area (Å²) < 4.78 is 2.09. The van der Waals surface area contributed by atoms with Crippen LogP contribution in [-0.2, 0) is 7.05 Å². The van der Waals surface area contributed by atoms with E-state index in [2.05, 4.69) is 39.3 Å². The number of nitrogens with zero attached hydrogens (tertiary/aromatic N) is 2. The Balaban J connectivity index is 2.16. The van der Waals surface area contributed by atoms with Crippen molar-refractivity contribution in [3.63, 3.8) is 0 Å². The summed E-state index contributed by atoms with van der Waals surface area (Å²) in [7, 11) is 2.05. The molecule has 0 aromatic carbocycles. The van der Waals surface area contributed by atoms with Gasteiger partial charge in [-0.15, -0.1) is 11.3 Å². The molecular weight excluding hydrogens is 230 g/mol. The van der Waals surface area contributed by atoms with E-state index in [1.807, 2.05) is 19.4 Å². The first-order valence-corrected chi connectivity index (χ1v) is 6.95. The Morgan fingerprint density at radius 1 is 1.53 bits per heavy atom. The third kappa shape index (κ3) is 2.96. The summed E-state index contributed by atoms with van der Waals surface area (Å²) in [6.07, 6.45) is 6.27. The third-order valence-electron chi connectivity index (χ3n) is 2.82. The number of hydrogen-bond donors (Lipinski definition) is 1. The standard InChI is InChI=1S/C13H19N3S/c1-3-4-7-14-12(11-6-5-10-17-11)13-15-8-9-16(13)2/h5-6,8-10,12,14H,3-4,7H2,1-2H3. The van der Waals surface area contributed by atoms with Gasteiger partial charge in [-0.05, 0) is 24.4 Å². The van der Waals surface area contributed by atoms with Crippen molar-refractivity contribution in [3.05, 3.63) is 40.6 Å². The Hall–Kier alpha value is -1.13. The molecule has 3 nitrogen and oxygen atoms in total. The van der Waals surface area contributed by atoms with Gasteiger partial charge in [0.1, 0.15) is 11.9 Å². The minimum Gasteiger partial charge on any atom is -0.336 e. The van der Waals surface area contributed by atoms with E-state index in [9.17, 15) is 0 Å². The minimum atomic E-state index is 0.224. The van der Waals surface area contributed by atoms with Crippen LogP contribution in [0.4, 0.5) is 0 Å². The molecule has 1 atom stereocenters. The highest BCUT2D eigenvalue weighted by Gasteiger charge is 2.18. The Bertz CT molecular complexity index is 433. The highest BCUT2D eigenvalue weighted by molar-refractivity contribution is 7.10. The maximum atomic E-state index is 4.46. The second-order valence-corrected chi connectivity index (χ2v) is 5.13. The van der Waals surface area contributed by atoms with Crippen molar-refractivity contribution in [2.75, 3.05) is 6.54 Å². The molecular formula is C13H19N3S. The Morgan fingerprint density at radius 3 is 3.00 bits per heavy atom. The van der Waals surface area contributed by atoms with Crippen molar-refractivity contribution in [2.45, 2.75) is 25.8 Å². The number of aryl methyl sites for hydroxylation is 1. The van der Waals surface area contributed by atoms with Gasteiger partial charge in [-0.1, -0.05) is 19.4 Å². The van der Waals surface area contributed by atoms with Crippen LogP contribution in [0.1, 0.15) is 36.5 Å². The van der Waals surface area contributed by atoms with Gasteiger partial charge in [0.05, 0.1) is 0 Å². The lowest BCUT2D eigenvalue weighted by Crippen LogP contribution is -2.25. The maximum Gasteiger partial charge on any atom is 0.131 e. The van der Waals surface area contributed by atoms with Crippen molar-refractivity contribution in [3.8, 4) is 0 Å². The SMILES string of the molecule is CCCCNC(c1cccs1)c1nccn1C. The topological polar surface area (TPSA) is 29.9 Å². The normalized spacial score (nSPS) is 12.8. The van der Waals surface area contributed by atoms with E-state index in [0.717, 1.165) is 12.4 Å². The van der Waals surface area contributed by atoms with Gasteiger partial charge in [0.2, 0.25) is 0 Å². The molecule has 0 amide bonds. The number of thiophene rings is 1. The maximum absolute atomic E-state index is 4.46. The zero-order valence-corrected chi connectivity index (χ0v) is 11.2. The van der Waals surface area contributed by atoms with E-state index in [-0.39, 0.29) is 6.04 Å². The molecule has 2 aromatic rings. The van der Waals surface area contributed by atoms with E-state index in [0.29, 0.717) is 0 Å². The van der Waals surface area contributed by atoms with Gasteiger partial charge in [0.25, 0.3) is 0 Å². The molecule has 2 heterocycles. The predicted octanol–water partition coefficient (Wildman–Crippen LogP) is 2.96. The second kappa shape index (κ2) is 5.98. The minimum absolute atomic E-state index is 0.224. The molecule has 2 rings (SSSR count). The summed E-state index contributed by atoms with van der Waals surface area (Å²) in [6, 6.07) is 4.49. The molecule has 92 valence electrons. The zero-order valence-electron chi connectivity index (χ0n) is 10.4. The van der Waals surface area contributed by atoms with Gasteiger partial charge >= 0.3 is 0 Å².